The van der Waals surface area contributed by atoms with Crippen LogP contribution in [-0.4, -0.2) is 38.6 Å². The van der Waals surface area contributed by atoms with Crippen LogP contribution in [0.3, 0.4) is 0 Å². The van der Waals surface area contributed by atoms with Crippen LogP contribution in [0.1, 0.15) is 0 Å². The van der Waals surface area contributed by atoms with E-state index in [-0.39, 0.29) is 40.5 Å². The quantitative estimate of drug-likeness (QED) is 0.362. The molecule has 1 atom stereocenters. The summed E-state index contributed by atoms with van der Waals surface area (Å²) in [4.78, 5) is 11.3. The zero-order valence-corrected chi connectivity index (χ0v) is 10.6. The minimum atomic E-state index is -2.33. The van der Waals surface area contributed by atoms with Crippen molar-refractivity contribution in [1.29, 1.82) is 0 Å². The number of rotatable bonds is 1. The van der Waals surface area contributed by atoms with E-state index in [0.717, 1.165) is 3.97 Å². The van der Waals surface area contributed by atoms with Crippen molar-refractivity contribution in [3.63, 3.8) is 0 Å². The summed E-state index contributed by atoms with van der Waals surface area (Å²) in [5, 5.41) is 0. The van der Waals surface area contributed by atoms with Crippen LogP contribution in [0.15, 0.2) is 18.9 Å². The molecule has 0 amide bonds. The molecule has 15 heavy (non-hydrogen) atoms. The summed E-state index contributed by atoms with van der Waals surface area (Å²) in [6.45, 7) is 0. The third-order valence-electron chi connectivity index (χ3n) is 1.32. The van der Waals surface area contributed by atoms with E-state index >= 15 is 0 Å². The summed E-state index contributed by atoms with van der Waals surface area (Å²) < 4.78 is 21.8. The van der Waals surface area contributed by atoms with Crippen LogP contribution >= 0.6 is 0 Å². The van der Waals surface area contributed by atoms with Crippen molar-refractivity contribution >= 4 is 11.3 Å². The van der Waals surface area contributed by atoms with Gasteiger partial charge in [-0.15, -0.1) is 0 Å². The first-order chi connectivity index (χ1) is 5.77. The number of fused-ring (bicyclic) bond motifs is 1. The zero-order valence-electron chi connectivity index (χ0n) is 7.75. The van der Waals surface area contributed by atoms with E-state index in [1.165, 1.54) is 18.9 Å². The SMILES string of the molecule is O.O.O=S([O-])n1cnc2ncnc-2c1.[Na+]. The summed E-state index contributed by atoms with van der Waals surface area (Å²) >= 11 is -2.33. The fourth-order valence-electron chi connectivity index (χ4n) is 0.807. The normalized spacial score (nSPS) is 10.7. The molecule has 78 valence electrons. The van der Waals surface area contributed by atoms with E-state index in [1.807, 2.05) is 0 Å². The Bertz CT molecular complexity index is 410. The van der Waals surface area contributed by atoms with Gasteiger partial charge in [-0.3, -0.25) is 8.18 Å². The molecule has 0 spiro atoms. The summed E-state index contributed by atoms with van der Waals surface area (Å²) in [5.74, 6) is 0.441. The van der Waals surface area contributed by atoms with Crippen LogP contribution in [0.25, 0.3) is 11.5 Å². The Morgan fingerprint density at radius 1 is 1.27 bits per heavy atom. The van der Waals surface area contributed by atoms with Gasteiger partial charge in [0.05, 0.1) is 11.3 Å². The van der Waals surface area contributed by atoms with Crippen LogP contribution in [0.4, 0.5) is 0 Å². The van der Waals surface area contributed by atoms with Crippen molar-refractivity contribution in [2.45, 2.75) is 0 Å². The van der Waals surface area contributed by atoms with Crippen molar-refractivity contribution < 1.29 is 49.3 Å². The third-order valence-corrected chi connectivity index (χ3v) is 1.87. The molecule has 1 unspecified atom stereocenters. The van der Waals surface area contributed by atoms with Gasteiger partial charge in [0, 0.05) is 6.20 Å². The maximum absolute atomic E-state index is 10.4. The topological polar surface area (TPSA) is 147 Å². The number of hydrogen-bond acceptors (Lipinski definition) is 5. The van der Waals surface area contributed by atoms with Crippen LogP contribution < -0.4 is 29.6 Å². The number of aromatic nitrogens is 4. The molecule has 0 aromatic rings. The molecule has 2 heterocycles. The van der Waals surface area contributed by atoms with Crippen molar-refractivity contribution in [2.24, 2.45) is 0 Å². The smallest absolute Gasteiger partial charge is 0.755 e. The first-order valence-electron chi connectivity index (χ1n) is 3.02. The molecule has 0 saturated heterocycles. The van der Waals surface area contributed by atoms with Gasteiger partial charge in [-0.1, -0.05) is 0 Å². The van der Waals surface area contributed by atoms with Crippen molar-refractivity contribution in [1.82, 2.24) is 18.9 Å². The van der Waals surface area contributed by atoms with Gasteiger partial charge in [-0.25, -0.2) is 15.0 Å². The van der Waals surface area contributed by atoms with Gasteiger partial charge < -0.3 is 15.5 Å². The number of imidazole rings is 1. The van der Waals surface area contributed by atoms with Gasteiger partial charge in [-0.05, 0) is 0 Å². The molecule has 0 aromatic carbocycles. The summed E-state index contributed by atoms with van der Waals surface area (Å²) in [6, 6.07) is 0. The average molecular weight is 242 g/mol. The van der Waals surface area contributed by atoms with Crippen LogP contribution in [0, 0.1) is 0 Å². The standard InChI is InChI=1S/C5H4N4O2S.Na.2H2O/c10-12(11)9-1-4-5(8-3-9)7-2-6-4;;;/h1-3H,(H,10,11);;2*1H2/q;+1;;/p-1. The molecule has 0 saturated carbocycles. The summed E-state index contributed by atoms with van der Waals surface area (Å²) in [5.41, 5.74) is 0.460. The molecule has 10 heteroatoms. The van der Waals surface area contributed by atoms with E-state index in [2.05, 4.69) is 15.0 Å². The Kier molecular flexibility index (Phi) is 7.88. The molecule has 0 aromatic heterocycles. The zero-order chi connectivity index (χ0) is 8.55. The largest absolute Gasteiger partial charge is 1.00 e. The molecule has 0 radical (unpaired) electrons. The molecule has 0 bridgehead atoms. The Hall–Kier alpha value is -0.420. The molecule has 4 N–H and O–H groups in total. The Labute approximate surface area is 109 Å². The molecule has 2 aliphatic heterocycles. The number of nitrogens with zero attached hydrogens (tertiary/aromatic N) is 4. The molecule has 2 rings (SSSR count). The summed E-state index contributed by atoms with van der Waals surface area (Å²) in [7, 11) is 0. The second kappa shape index (κ2) is 6.95. The van der Waals surface area contributed by atoms with Crippen molar-refractivity contribution in [3.05, 3.63) is 18.9 Å². The first-order valence-corrected chi connectivity index (χ1v) is 4.05. The van der Waals surface area contributed by atoms with E-state index in [0.29, 0.717) is 11.5 Å². The Morgan fingerprint density at radius 3 is 2.53 bits per heavy atom. The molecule has 8 nitrogen and oxygen atoms in total. The van der Waals surface area contributed by atoms with Gasteiger partial charge in [0.1, 0.15) is 18.3 Å². The van der Waals surface area contributed by atoms with Gasteiger partial charge in [0.25, 0.3) is 0 Å². The maximum Gasteiger partial charge on any atom is 1.00 e. The fourth-order valence-corrected chi connectivity index (χ4v) is 1.12. The molecule has 0 aliphatic carbocycles. The van der Waals surface area contributed by atoms with E-state index in [4.69, 9.17) is 0 Å². The number of hydrogen-bond donors (Lipinski definition) is 0. The second-order valence-electron chi connectivity index (χ2n) is 2.03. The maximum atomic E-state index is 10.4. The third kappa shape index (κ3) is 3.57. The van der Waals surface area contributed by atoms with Gasteiger partial charge >= 0.3 is 29.6 Å². The minimum Gasteiger partial charge on any atom is -0.755 e. The Morgan fingerprint density at radius 2 is 1.93 bits per heavy atom. The average Bonchev–Trinajstić information content (AvgIpc) is 2.49. The molecular formula is C5H7N4NaO4S. The predicted octanol–water partition coefficient (Wildman–Crippen LogP) is -5.23. The first kappa shape index (κ1) is 17.0. The van der Waals surface area contributed by atoms with E-state index in [1.54, 1.807) is 0 Å². The monoisotopic (exact) mass is 242 g/mol. The molecule has 2 aliphatic rings. The Balaban J connectivity index is 0. The fraction of sp³-hybridized carbons (Fsp3) is 0. The van der Waals surface area contributed by atoms with E-state index in [9.17, 15) is 8.76 Å². The van der Waals surface area contributed by atoms with Crippen LogP contribution in [0.2, 0.25) is 0 Å². The molecular weight excluding hydrogens is 235 g/mol. The van der Waals surface area contributed by atoms with Gasteiger partial charge in [-0.2, -0.15) is 0 Å². The van der Waals surface area contributed by atoms with Crippen LogP contribution in [0.5, 0.6) is 0 Å². The van der Waals surface area contributed by atoms with Gasteiger partial charge in [0.15, 0.2) is 5.82 Å². The van der Waals surface area contributed by atoms with Crippen molar-refractivity contribution in [3.8, 4) is 11.5 Å². The second-order valence-corrected chi connectivity index (χ2v) is 2.89. The van der Waals surface area contributed by atoms with Crippen molar-refractivity contribution in [2.75, 3.05) is 0 Å². The predicted molar refractivity (Wildman–Crippen MR) is 46.0 cm³/mol. The minimum absolute atomic E-state index is 0. The van der Waals surface area contributed by atoms with E-state index < -0.39 is 11.3 Å². The van der Waals surface area contributed by atoms with Crippen LogP contribution in [-0.2, 0) is 11.3 Å². The summed E-state index contributed by atoms with van der Waals surface area (Å²) in [6.07, 6.45) is 3.84. The molecule has 0 fully saturated rings. The van der Waals surface area contributed by atoms with Gasteiger partial charge in [0.2, 0.25) is 0 Å².